The van der Waals surface area contributed by atoms with Gasteiger partial charge >= 0.3 is 0 Å². The molecular formula is C30H32Cl2N4O6S. The predicted molar refractivity (Wildman–Crippen MR) is 162 cm³/mol. The summed E-state index contributed by atoms with van der Waals surface area (Å²) in [5, 5.41) is 10.0. The molecule has 2 heterocycles. The van der Waals surface area contributed by atoms with Gasteiger partial charge in [0.15, 0.2) is 0 Å². The third-order valence-electron chi connectivity index (χ3n) is 7.81. The second-order valence-electron chi connectivity index (χ2n) is 10.8. The van der Waals surface area contributed by atoms with Gasteiger partial charge in [-0.1, -0.05) is 66.4 Å². The van der Waals surface area contributed by atoms with Crippen molar-refractivity contribution in [3.63, 3.8) is 0 Å². The highest BCUT2D eigenvalue weighted by Gasteiger charge is 2.49. The Morgan fingerprint density at radius 2 is 1.79 bits per heavy atom. The maximum atomic E-state index is 14.3. The number of fused-ring (bicyclic) bond motifs is 1. The van der Waals surface area contributed by atoms with Crippen LogP contribution in [0, 0.1) is 0 Å². The van der Waals surface area contributed by atoms with Gasteiger partial charge < -0.3 is 10.0 Å². The average molecular weight is 648 g/mol. The second kappa shape index (κ2) is 13.3. The van der Waals surface area contributed by atoms with E-state index in [1.165, 1.54) is 0 Å². The van der Waals surface area contributed by atoms with Crippen LogP contribution in [0.15, 0.2) is 60.7 Å². The number of amides is 2. The lowest BCUT2D eigenvalue weighted by atomic mass is 9.76. The summed E-state index contributed by atoms with van der Waals surface area (Å²) < 4.78 is 27.4. The van der Waals surface area contributed by atoms with Gasteiger partial charge in [0.1, 0.15) is 6.61 Å². The van der Waals surface area contributed by atoms with E-state index in [1.807, 2.05) is 0 Å². The fraction of sp³-hybridized carbons (Fsp3) is 0.367. The Labute approximate surface area is 260 Å². The summed E-state index contributed by atoms with van der Waals surface area (Å²) in [4.78, 5) is 39.9. The molecule has 4 atom stereocenters. The van der Waals surface area contributed by atoms with Gasteiger partial charge in [-0.25, -0.2) is 18.6 Å². The zero-order valence-electron chi connectivity index (χ0n) is 23.4. The van der Waals surface area contributed by atoms with Gasteiger partial charge in [0.25, 0.3) is 11.8 Å². The second-order valence-corrected chi connectivity index (χ2v) is 13.4. The molecule has 13 heteroatoms. The molecule has 0 spiro atoms. The third-order valence-corrected chi connectivity index (χ3v) is 9.10. The minimum absolute atomic E-state index is 0.0636. The molecule has 0 saturated heterocycles. The van der Waals surface area contributed by atoms with Crippen molar-refractivity contribution in [3.05, 3.63) is 98.8 Å². The van der Waals surface area contributed by atoms with E-state index >= 15 is 0 Å². The first-order valence-electron chi connectivity index (χ1n) is 13.9. The lowest BCUT2D eigenvalue weighted by Crippen LogP contribution is -2.59. The summed E-state index contributed by atoms with van der Waals surface area (Å²) in [5.74, 6) is -1.82. The zero-order chi connectivity index (χ0) is 30.7. The normalized spacial score (nSPS) is 22.2. The number of sulfonamides is 1. The first kappa shape index (κ1) is 31.4. The van der Waals surface area contributed by atoms with Crippen molar-refractivity contribution in [2.24, 2.45) is 0 Å². The van der Waals surface area contributed by atoms with E-state index in [0.29, 0.717) is 45.9 Å². The van der Waals surface area contributed by atoms with E-state index in [-0.39, 0.29) is 24.1 Å². The Hall–Kier alpha value is -3.06. The molecule has 43 heavy (non-hydrogen) atoms. The molecule has 1 fully saturated rings. The van der Waals surface area contributed by atoms with Crippen molar-refractivity contribution < 1.29 is 28.0 Å². The van der Waals surface area contributed by atoms with Gasteiger partial charge in [0, 0.05) is 27.7 Å². The van der Waals surface area contributed by atoms with E-state index in [1.54, 1.807) is 65.6 Å². The molecule has 10 nitrogen and oxygen atoms in total. The number of rotatable bonds is 9. The van der Waals surface area contributed by atoms with Crippen molar-refractivity contribution >= 4 is 45.0 Å². The molecule has 5 rings (SSSR count). The Balaban J connectivity index is 1.57. The number of hydroxylamine groups is 1. The van der Waals surface area contributed by atoms with E-state index in [4.69, 9.17) is 28.0 Å². The van der Waals surface area contributed by atoms with Crippen molar-refractivity contribution in [1.82, 2.24) is 20.1 Å². The molecule has 228 valence electrons. The number of carbonyl (C=O) groups excluding carboxylic acids is 2. The Morgan fingerprint density at radius 1 is 1.05 bits per heavy atom. The van der Waals surface area contributed by atoms with Crippen LogP contribution in [-0.2, 0) is 32.9 Å². The minimum atomic E-state index is -3.59. The summed E-state index contributed by atoms with van der Waals surface area (Å²) >= 11 is 13.0. The number of carbonyl (C=O) groups is 2. The summed E-state index contributed by atoms with van der Waals surface area (Å²) in [5.41, 5.74) is 4.83. The highest BCUT2D eigenvalue weighted by atomic mass is 35.5. The molecule has 1 aliphatic heterocycles. The van der Waals surface area contributed by atoms with Crippen LogP contribution in [0.2, 0.25) is 10.0 Å². The average Bonchev–Trinajstić information content (AvgIpc) is 2.97. The number of halogens is 2. The molecule has 3 aromatic rings. The molecule has 2 aliphatic rings. The van der Waals surface area contributed by atoms with Crippen molar-refractivity contribution in [2.45, 2.75) is 62.9 Å². The van der Waals surface area contributed by atoms with Crippen LogP contribution in [0.25, 0.3) is 0 Å². The molecule has 2 aromatic carbocycles. The highest BCUT2D eigenvalue weighted by molar-refractivity contribution is 7.88. The van der Waals surface area contributed by atoms with Gasteiger partial charge in [0.2, 0.25) is 10.0 Å². The number of hydrogen-bond donors (Lipinski definition) is 3. The number of aromatic nitrogens is 1. The largest absolute Gasteiger partial charge is 0.390 e. The molecule has 3 N–H and O–H groups in total. The van der Waals surface area contributed by atoms with Crippen LogP contribution in [0.5, 0.6) is 0 Å². The summed E-state index contributed by atoms with van der Waals surface area (Å²) in [6, 6.07) is 14.8. The SMILES string of the molecule is CS(=O)(=O)N[C@H]1CCCC[C@@H]1N1C(=O)c2ccccc2[C@@H](C(=O)NOCc2cccc(CO)n2)[C@@H]1c1ccc(Cl)cc1Cl. The Kier molecular flexibility index (Phi) is 9.70. The molecular weight excluding hydrogens is 615 g/mol. The standard InChI is InChI=1S/C30H32Cl2N4O6S/c1-43(40,41)35-25-11-4-5-12-26(25)36-28(23-14-13-18(31)15-24(23)32)27(21-9-2-3-10-22(21)30(36)39)29(38)34-42-17-20-8-6-7-19(16-37)33-20/h2-3,6-10,13-15,25-28,35,37H,4-5,11-12,16-17H2,1H3,(H,34,38)/t25-,26-,27+,28-/m0/s1. The maximum Gasteiger partial charge on any atom is 0.255 e. The smallest absolute Gasteiger partial charge is 0.255 e. The summed E-state index contributed by atoms with van der Waals surface area (Å²) in [6.07, 6.45) is 3.72. The van der Waals surface area contributed by atoms with E-state index in [2.05, 4.69) is 15.2 Å². The third kappa shape index (κ3) is 7.03. The zero-order valence-corrected chi connectivity index (χ0v) is 25.7. The van der Waals surface area contributed by atoms with E-state index < -0.39 is 40.0 Å². The van der Waals surface area contributed by atoms with Gasteiger partial charge in [0.05, 0.1) is 36.2 Å². The summed E-state index contributed by atoms with van der Waals surface area (Å²) in [6.45, 7) is -0.297. The number of nitrogens with one attached hydrogen (secondary N) is 2. The molecule has 1 aromatic heterocycles. The minimum Gasteiger partial charge on any atom is -0.390 e. The van der Waals surface area contributed by atoms with Gasteiger partial charge in [-0.05, 0) is 54.3 Å². The van der Waals surface area contributed by atoms with Crippen LogP contribution in [0.4, 0.5) is 0 Å². The molecule has 1 aliphatic carbocycles. The topological polar surface area (TPSA) is 138 Å². The Bertz CT molecular complexity index is 1620. The lowest BCUT2D eigenvalue weighted by Gasteiger charge is -2.49. The van der Waals surface area contributed by atoms with Crippen LogP contribution in [0.1, 0.15) is 70.5 Å². The number of benzene rings is 2. The van der Waals surface area contributed by atoms with Crippen molar-refractivity contribution in [1.29, 1.82) is 0 Å². The predicted octanol–water partition coefficient (Wildman–Crippen LogP) is 4.27. The van der Waals surface area contributed by atoms with Crippen LogP contribution < -0.4 is 10.2 Å². The Morgan fingerprint density at radius 3 is 2.53 bits per heavy atom. The van der Waals surface area contributed by atoms with E-state index in [9.17, 15) is 23.1 Å². The van der Waals surface area contributed by atoms with Gasteiger partial charge in [-0.3, -0.25) is 19.4 Å². The molecule has 2 amide bonds. The number of aliphatic hydroxyl groups is 1. The van der Waals surface area contributed by atoms with Crippen LogP contribution in [-0.4, -0.2) is 53.6 Å². The first-order valence-corrected chi connectivity index (χ1v) is 16.5. The molecule has 0 radical (unpaired) electrons. The van der Waals surface area contributed by atoms with Crippen molar-refractivity contribution in [3.8, 4) is 0 Å². The monoisotopic (exact) mass is 646 g/mol. The van der Waals surface area contributed by atoms with Crippen LogP contribution in [0.3, 0.4) is 0 Å². The van der Waals surface area contributed by atoms with Crippen molar-refractivity contribution in [2.75, 3.05) is 6.26 Å². The van der Waals surface area contributed by atoms with Crippen LogP contribution >= 0.6 is 23.2 Å². The number of pyridine rings is 1. The van der Waals surface area contributed by atoms with Gasteiger partial charge in [-0.15, -0.1) is 0 Å². The fourth-order valence-corrected chi connectivity index (χ4v) is 7.42. The number of aliphatic hydroxyl groups excluding tert-OH is 1. The highest BCUT2D eigenvalue weighted by Crippen LogP contribution is 2.47. The number of nitrogens with zero attached hydrogens (tertiary/aromatic N) is 2. The maximum absolute atomic E-state index is 14.3. The molecule has 0 unspecified atom stereocenters. The van der Waals surface area contributed by atoms with E-state index in [0.717, 1.165) is 19.1 Å². The fourth-order valence-electron chi connectivity index (χ4n) is 6.07. The first-order chi connectivity index (χ1) is 20.6. The summed E-state index contributed by atoms with van der Waals surface area (Å²) in [7, 11) is -3.59. The molecule has 0 bridgehead atoms. The lowest BCUT2D eigenvalue weighted by molar-refractivity contribution is -0.138. The quantitative estimate of drug-likeness (QED) is 0.295. The molecule has 1 saturated carbocycles. The van der Waals surface area contributed by atoms with Gasteiger partial charge in [-0.2, -0.15) is 0 Å². The number of hydrogen-bond acceptors (Lipinski definition) is 7.